The van der Waals surface area contributed by atoms with Crippen LogP contribution in [0.1, 0.15) is 29.2 Å². The standard InChI is InChI=1S/C19H25ClN2/c1-14(9-17-6-5-15(2)16(3)10-17)12-22(4)13-18-7-8-19(20)21-11-18/h5-8,10-11,14H,9,12-13H2,1-4H3. The highest BCUT2D eigenvalue weighted by molar-refractivity contribution is 6.29. The fourth-order valence-corrected chi connectivity index (χ4v) is 2.92. The molecule has 1 aromatic carbocycles. The Hall–Kier alpha value is -1.38. The minimum Gasteiger partial charge on any atom is -0.302 e. The summed E-state index contributed by atoms with van der Waals surface area (Å²) in [6.07, 6.45) is 2.97. The molecule has 2 aromatic rings. The van der Waals surface area contributed by atoms with E-state index < -0.39 is 0 Å². The van der Waals surface area contributed by atoms with E-state index in [0.717, 1.165) is 19.5 Å². The molecule has 0 N–H and O–H groups in total. The van der Waals surface area contributed by atoms with Crippen LogP contribution in [0.3, 0.4) is 0 Å². The zero-order valence-electron chi connectivity index (χ0n) is 13.9. The molecule has 0 aliphatic rings. The van der Waals surface area contributed by atoms with Gasteiger partial charge in [-0.05, 0) is 61.6 Å². The van der Waals surface area contributed by atoms with Crippen molar-refractivity contribution >= 4 is 11.6 Å². The van der Waals surface area contributed by atoms with Gasteiger partial charge in [0.25, 0.3) is 0 Å². The summed E-state index contributed by atoms with van der Waals surface area (Å²) in [5.41, 5.74) is 5.37. The van der Waals surface area contributed by atoms with Gasteiger partial charge in [0.1, 0.15) is 5.15 Å². The van der Waals surface area contributed by atoms with Crippen molar-refractivity contribution in [2.24, 2.45) is 5.92 Å². The maximum atomic E-state index is 5.82. The Morgan fingerprint density at radius 1 is 1.09 bits per heavy atom. The predicted molar refractivity (Wildman–Crippen MR) is 94.4 cm³/mol. The number of hydrogen-bond donors (Lipinski definition) is 0. The number of nitrogens with zero attached hydrogens (tertiary/aromatic N) is 2. The first-order chi connectivity index (χ1) is 10.4. The summed E-state index contributed by atoms with van der Waals surface area (Å²) in [5, 5.41) is 0.550. The molecule has 3 heteroatoms. The third kappa shape index (κ3) is 5.11. The van der Waals surface area contributed by atoms with Crippen LogP contribution in [0.2, 0.25) is 5.15 Å². The number of hydrogen-bond acceptors (Lipinski definition) is 2. The molecule has 1 heterocycles. The van der Waals surface area contributed by atoms with Crippen molar-refractivity contribution in [3.05, 3.63) is 63.9 Å². The van der Waals surface area contributed by atoms with Gasteiger partial charge in [-0.2, -0.15) is 0 Å². The quantitative estimate of drug-likeness (QED) is 0.720. The van der Waals surface area contributed by atoms with E-state index in [-0.39, 0.29) is 0 Å². The summed E-state index contributed by atoms with van der Waals surface area (Å²) in [6.45, 7) is 8.63. The summed E-state index contributed by atoms with van der Waals surface area (Å²) in [4.78, 5) is 6.48. The highest BCUT2D eigenvalue weighted by Crippen LogP contribution is 2.15. The smallest absolute Gasteiger partial charge is 0.129 e. The molecule has 2 rings (SSSR count). The lowest BCUT2D eigenvalue weighted by Crippen LogP contribution is -2.25. The van der Waals surface area contributed by atoms with Gasteiger partial charge < -0.3 is 4.90 Å². The zero-order chi connectivity index (χ0) is 16.1. The van der Waals surface area contributed by atoms with Crippen LogP contribution in [0.5, 0.6) is 0 Å². The molecule has 0 spiro atoms. The second kappa shape index (κ2) is 7.75. The summed E-state index contributed by atoms with van der Waals surface area (Å²) in [5.74, 6) is 0.618. The molecule has 1 atom stereocenters. The maximum absolute atomic E-state index is 5.82. The Morgan fingerprint density at radius 3 is 2.45 bits per heavy atom. The topological polar surface area (TPSA) is 16.1 Å². The number of aromatic nitrogens is 1. The first-order valence-electron chi connectivity index (χ1n) is 7.79. The second-order valence-corrected chi connectivity index (χ2v) is 6.80. The average Bonchev–Trinajstić information content (AvgIpc) is 2.45. The van der Waals surface area contributed by atoms with Gasteiger partial charge >= 0.3 is 0 Å². The molecule has 0 aliphatic carbocycles. The third-order valence-corrected chi connectivity index (χ3v) is 4.24. The molecule has 1 aromatic heterocycles. The average molecular weight is 317 g/mol. The minimum atomic E-state index is 0.550. The van der Waals surface area contributed by atoms with Gasteiger partial charge in [0.2, 0.25) is 0 Å². The van der Waals surface area contributed by atoms with Crippen LogP contribution in [0.4, 0.5) is 0 Å². The lowest BCUT2D eigenvalue weighted by atomic mass is 9.97. The van der Waals surface area contributed by atoms with E-state index in [0.29, 0.717) is 11.1 Å². The molecule has 2 nitrogen and oxygen atoms in total. The molecule has 0 aliphatic heterocycles. The second-order valence-electron chi connectivity index (χ2n) is 6.41. The van der Waals surface area contributed by atoms with Crippen LogP contribution in [-0.2, 0) is 13.0 Å². The Bertz CT molecular complexity index is 607. The predicted octanol–water partition coefficient (Wildman–Crippen LogP) is 4.66. The van der Waals surface area contributed by atoms with Gasteiger partial charge in [-0.1, -0.05) is 42.8 Å². The van der Waals surface area contributed by atoms with E-state index in [1.54, 1.807) is 0 Å². The summed E-state index contributed by atoms with van der Waals surface area (Å²) >= 11 is 5.82. The number of benzene rings is 1. The number of pyridine rings is 1. The third-order valence-electron chi connectivity index (χ3n) is 4.02. The Labute approximate surface area is 139 Å². The van der Waals surface area contributed by atoms with E-state index in [4.69, 9.17) is 11.6 Å². The Kier molecular flexibility index (Phi) is 5.98. The van der Waals surface area contributed by atoms with Crippen molar-refractivity contribution in [3.8, 4) is 0 Å². The summed E-state index contributed by atoms with van der Waals surface area (Å²) in [6, 6.07) is 10.7. The number of aryl methyl sites for hydroxylation is 2. The SMILES string of the molecule is Cc1ccc(CC(C)CN(C)Cc2ccc(Cl)nc2)cc1C. The van der Waals surface area contributed by atoms with E-state index in [1.165, 1.54) is 22.3 Å². The van der Waals surface area contributed by atoms with Gasteiger partial charge in [0.15, 0.2) is 0 Å². The molecule has 0 bridgehead atoms. The van der Waals surface area contributed by atoms with E-state index >= 15 is 0 Å². The van der Waals surface area contributed by atoms with Crippen molar-refractivity contribution in [1.82, 2.24) is 9.88 Å². The van der Waals surface area contributed by atoms with Crippen LogP contribution in [0.25, 0.3) is 0 Å². The van der Waals surface area contributed by atoms with Crippen LogP contribution < -0.4 is 0 Å². The molecular weight excluding hydrogens is 292 g/mol. The van der Waals surface area contributed by atoms with Crippen LogP contribution >= 0.6 is 11.6 Å². The van der Waals surface area contributed by atoms with Crippen LogP contribution in [0, 0.1) is 19.8 Å². The normalized spacial score (nSPS) is 12.6. The van der Waals surface area contributed by atoms with Gasteiger partial charge in [-0.3, -0.25) is 0 Å². The van der Waals surface area contributed by atoms with Gasteiger partial charge in [-0.25, -0.2) is 4.98 Å². The van der Waals surface area contributed by atoms with Crippen molar-refractivity contribution in [2.75, 3.05) is 13.6 Å². The van der Waals surface area contributed by atoms with Crippen molar-refractivity contribution in [1.29, 1.82) is 0 Å². The highest BCUT2D eigenvalue weighted by Gasteiger charge is 2.09. The van der Waals surface area contributed by atoms with Crippen LogP contribution in [0.15, 0.2) is 36.5 Å². The van der Waals surface area contributed by atoms with Crippen molar-refractivity contribution in [3.63, 3.8) is 0 Å². The fourth-order valence-electron chi connectivity index (χ4n) is 2.81. The van der Waals surface area contributed by atoms with E-state index in [2.05, 4.69) is 55.9 Å². The number of rotatable bonds is 6. The van der Waals surface area contributed by atoms with Gasteiger partial charge in [0.05, 0.1) is 0 Å². The highest BCUT2D eigenvalue weighted by atomic mass is 35.5. The molecule has 0 amide bonds. The molecule has 118 valence electrons. The van der Waals surface area contributed by atoms with Gasteiger partial charge in [0, 0.05) is 19.3 Å². The van der Waals surface area contributed by atoms with Crippen molar-refractivity contribution < 1.29 is 0 Å². The van der Waals surface area contributed by atoms with E-state index in [1.807, 2.05) is 18.3 Å². The summed E-state index contributed by atoms with van der Waals surface area (Å²) < 4.78 is 0. The Balaban J connectivity index is 1.86. The largest absolute Gasteiger partial charge is 0.302 e. The molecule has 0 fully saturated rings. The summed E-state index contributed by atoms with van der Waals surface area (Å²) in [7, 11) is 2.16. The minimum absolute atomic E-state index is 0.550. The lowest BCUT2D eigenvalue weighted by molar-refractivity contribution is 0.277. The fraction of sp³-hybridized carbons (Fsp3) is 0.421. The molecule has 1 unspecified atom stereocenters. The first kappa shape index (κ1) is 17.0. The molecule has 0 saturated carbocycles. The van der Waals surface area contributed by atoms with Gasteiger partial charge in [-0.15, -0.1) is 0 Å². The van der Waals surface area contributed by atoms with Crippen LogP contribution in [-0.4, -0.2) is 23.5 Å². The molecule has 0 saturated heterocycles. The molecule has 22 heavy (non-hydrogen) atoms. The monoisotopic (exact) mass is 316 g/mol. The molecule has 0 radical (unpaired) electrons. The lowest BCUT2D eigenvalue weighted by Gasteiger charge is -2.21. The molecular formula is C19H25ClN2. The number of halogens is 1. The Morgan fingerprint density at radius 2 is 1.82 bits per heavy atom. The van der Waals surface area contributed by atoms with Crippen molar-refractivity contribution in [2.45, 2.75) is 33.7 Å². The maximum Gasteiger partial charge on any atom is 0.129 e. The first-order valence-corrected chi connectivity index (χ1v) is 8.17. The van der Waals surface area contributed by atoms with E-state index in [9.17, 15) is 0 Å². The zero-order valence-corrected chi connectivity index (χ0v) is 14.7.